The van der Waals surface area contributed by atoms with Crippen molar-refractivity contribution in [1.82, 2.24) is 0 Å². The zero-order chi connectivity index (χ0) is 21.6. The van der Waals surface area contributed by atoms with Crippen LogP contribution in [0.1, 0.15) is 49.2 Å². The van der Waals surface area contributed by atoms with Crippen LogP contribution < -0.4 is 4.74 Å². The summed E-state index contributed by atoms with van der Waals surface area (Å²) in [5.41, 5.74) is 2.61. The first-order valence-corrected chi connectivity index (χ1v) is 11.1. The van der Waals surface area contributed by atoms with Gasteiger partial charge >= 0.3 is 11.9 Å². The van der Waals surface area contributed by atoms with E-state index >= 15 is 0 Å². The summed E-state index contributed by atoms with van der Waals surface area (Å²) in [7, 11) is 2.59. The molecule has 1 aliphatic carbocycles. The van der Waals surface area contributed by atoms with Crippen LogP contribution in [0.4, 0.5) is 0 Å². The van der Waals surface area contributed by atoms with Gasteiger partial charge < -0.3 is 14.2 Å². The molecule has 2 atom stereocenters. The van der Waals surface area contributed by atoms with Gasteiger partial charge in [-0.3, -0.25) is 9.59 Å². The summed E-state index contributed by atoms with van der Waals surface area (Å²) >= 11 is 2.98. The molecule has 1 aliphatic rings. The second-order valence-corrected chi connectivity index (χ2v) is 8.99. The molecule has 0 radical (unpaired) electrons. The number of esters is 2. The van der Waals surface area contributed by atoms with Crippen molar-refractivity contribution in [2.45, 2.75) is 26.4 Å². The molecule has 2 unspecified atom stereocenters. The molecule has 156 valence electrons. The molecule has 0 fully saturated rings. The smallest absolute Gasteiger partial charge is 0.341 e. The van der Waals surface area contributed by atoms with Gasteiger partial charge in [-0.1, -0.05) is 0 Å². The summed E-state index contributed by atoms with van der Waals surface area (Å²) in [6.07, 6.45) is -0.410. The molecule has 3 aromatic rings. The molecule has 8 heteroatoms. The summed E-state index contributed by atoms with van der Waals surface area (Å²) in [5.74, 6) is -1.85. The Morgan fingerprint density at radius 3 is 2.47 bits per heavy atom. The van der Waals surface area contributed by atoms with Crippen molar-refractivity contribution in [2.75, 3.05) is 14.2 Å². The number of carbonyl (C=O) groups is 3. The molecule has 0 N–H and O–H groups in total. The Hall–Kier alpha value is -2.71. The Bertz CT molecular complexity index is 1170. The first-order valence-electron chi connectivity index (χ1n) is 9.33. The lowest BCUT2D eigenvalue weighted by Gasteiger charge is -2.28. The summed E-state index contributed by atoms with van der Waals surface area (Å²) in [4.78, 5) is 38.4. The first kappa shape index (κ1) is 20.6. The second kappa shape index (κ2) is 7.85. The monoisotopic (exact) mass is 444 g/mol. The molecule has 2 aromatic heterocycles. The van der Waals surface area contributed by atoms with Crippen LogP contribution in [-0.2, 0) is 14.3 Å². The highest BCUT2D eigenvalue weighted by Crippen LogP contribution is 2.45. The van der Waals surface area contributed by atoms with Crippen LogP contribution in [-0.4, -0.2) is 31.9 Å². The maximum Gasteiger partial charge on any atom is 0.341 e. The summed E-state index contributed by atoms with van der Waals surface area (Å²) in [6.45, 7) is 3.79. The van der Waals surface area contributed by atoms with Crippen LogP contribution in [0.15, 0.2) is 22.9 Å². The molecule has 2 heterocycles. The van der Waals surface area contributed by atoms with Gasteiger partial charge in [-0.2, -0.15) is 0 Å². The summed E-state index contributed by atoms with van der Waals surface area (Å²) in [5, 5.41) is 4.72. The molecular formula is C22H20O6S2. The predicted molar refractivity (Wildman–Crippen MR) is 115 cm³/mol. The number of carbonyl (C=O) groups excluding carboxylic acids is 3. The third kappa shape index (κ3) is 3.20. The Morgan fingerprint density at radius 1 is 1.03 bits per heavy atom. The number of benzene rings is 1. The normalized spacial score (nSPS) is 18.2. The molecule has 6 nitrogen and oxygen atoms in total. The van der Waals surface area contributed by atoms with E-state index in [0.29, 0.717) is 16.9 Å². The van der Waals surface area contributed by atoms with Gasteiger partial charge in [-0.25, -0.2) is 4.79 Å². The van der Waals surface area contributed by atoms with Crippen LogP contribution in [0.2, 0.25) is 0 Å². The van der Waals surface area contributed by atoms with E-state index in [1.807, 2.05) is 30.7 Å². The minimum atomic E-state index is -0.940. The average molecular weight is 445 g/mol. The number of ketones is 1. The molecule has 30 heavy (non-hydrogen) atoms. The van der Waals surface area contributed by atoms with Gasteiger partial charge in [0, 0.05) is 22.1 Å². The standard InChI is InChI=1S/C22H20O6S2/c1-10-8-29-15-6-5-12(21(24)26-3)19(16(10)15)28-14-7-13(22(25)27-4)18(23)17-11(2)9-30-20(14)17/h5-6,8-9,13-14H,7H2,1-4H3. The van der Waals surface area contributed by atoms with E-state index in [1.165, 1.54) is 25.6 Å². The van der Waals surface area contributed by atoms with Gasteiger partial charge in [0.1, 0.15) is 23.3 Å². The van der Waals surface area contributed by atoms with Crippen molar-refractivity contribution >= 4 is 50.5 Å². The van der Waals surface area contributed by atoms with E-state index in [-0.39, 0.29) is 12.2 Å². The quantitative estimate of drug-likeness (QED) is 0.422. The summed E-state index contributed by atoms with van der Waals surface area (Å²) in [6, 6.07) is 3.56. The molecule has 0 saturated heterocycles. The van der Waals surface area contributed by atoms with Crippen LogP contribution in [0.25, 0.3) is 10.1 Å². The van der Waals surface area contributed by atoms with Crippen molar-refractivity contribution in [3.8, 4) is 5.75 Å². The third-order valence-electron chi connectivity index (χ3n) is 5.34. The molecule has 0 saturated carbocycles. The zero-order valence-corrected chi connectivity index (χ0v) is 18.6. The number of thiophene rings is 2. The van der Waals surface area contributed by atoms with E-state index < -0.39 is 24.0 Å². The molecule has 0 spiro atoms. The van der Waals surface area contributed by atoms with Crippen molar-refractivity contribution < 1.29 is 28.6 Å². The van der Waals surface area contributed by atoms with E-state index in [4.69, 9.17) is 14.2 Å². The highest BCUT2D eigenvalue weighted by atomic mass is 32.1. The minimum absolute atomic E-state index is 0.151. The number of aryl methyl sites for hydroxylation is 2. The van der Waals surface area contributed by atoms with Crippen LogP contribution in [0.5, 0.6) is 5.75 Å². The van der Waals surface area contributed by atoms with Crippen molar-refractivity contribution in [3.05, 3.63) is 50.0 Å². The van der Waals surface area contributed by atoms with Crippen molar-refractivity contribution in [2.24, 2.45) is 5.92 Å². The van der Waals surface area contributed by atoms with Crippen LogP contribution in [0, 0.1) is 19.8 Å². The van der Waals surface area contributed by atoms with Gasteiger partial charge in [0.25, 0.3) is 0 Å². The van der Waals surface area contributed by atoms with E-state index in [2.05, 4.69) is 0 Å². The number of Topliss-reactive ketones (excluding diaryl/α,β-unsaturated/α-hetero) is 1. The Balaban J connectivity index is 1.86. The van der Waals surface area contributed by atoms with Crippen molar-refractivity contribution in [3.63, 3.8) is 0 Å². The van der Waals surface area contributed by atoms with E-state index in [0.717, 1.165) is 26.1 Å². The molecule has 1 aromatic carbocycles. The summed E-state index contributed by atoms with van der Waals surface area (Å²) < 4.78 is 17.2. The number of fused-ring (bicyclic) bond motifs is 2. The maximum atomic E-state index is 12.9. The lowest BCUT2D eigenvalue weighted by atomic mass is 9.84. The van der Waals surface area contributed by atoms with Gasteiger partial charge in [-0.15, -0.1) is 22.7 Å². The van der Waals surface area contributed by atoms with Crippen molar-refractivity contribution in [1.29, 1.82) is 0 Å². The Labute approximate surface area is 181 Å². The number of hydrogen-bond acceptors (Lipinski definition) is 8. The van der Waals surface area contributed by atoms with Crippen LogP contribution in [0.3, 0.4) is 0 Å². The topological polar surface area (TPSA) is 78.9 Å². The van der Waals surface area contributed by atoms with Gasteiger partial charge in [0.2, 0.25) is 0 Å². The number of ether oxygens (including phenoxy) is 3. The zero-order valence-electron chi connectivity index (χ0n) is 16.9. The first-order chi connectivity index (χ1) is 14.4. The lowest BCUT2D eigenvalue weighted by molar-refractivity contribution is -0.144. The number of hydrogen-bond donors (Lipinski definition) is 0. The Kier molecular flexibility index (Phi) is 5.38. The fraction of sp³-hybridized carbons (Fsp3) is 0.318. The predicted octanol–water partition coefficient (Wildman–Crippen LogP) is 4.86. The fourth-order valence-electron chi connectivity index (χ4n) is 3.85. The van der Waals surface area contributed by atoms with Crippen LogP contribution >= 0.6 is 22.7 Å². The highest BCUT2D eigenvalue weighted by Gasteiger charge is 2.42. The van der Waals surface area contributed by atoms with Gasteiger partial charge in [0.15, 0.2) is 5.78 Å². The Morgan fingerprint density at radius 2 is 1.77 bits per heavy atom. The maximum absolute atomic E-state index is 12.9. The SMILES string of the molecule is COC(=O)c1ccc2scc(C)c2c1OC1CC(C(=O)OC)C(=O)c2c(C)csc21. The molecule has 4 rings (SSSR count). The van der Waals surface area contributed by atoms with E-state index in [9.17, 15) is 14.4 Å². The molecule has 0 aliphatic heterocycles. The second-order valence-electron chi connectivity index (χ2n) is 7.17. The lowest BCUT2D eigenvalue weighted by Crippen LogP contribution is -2.33. The molecular weight excluding hydrogens is 424 g/mol. The van der Waals surface area contributed by atoms with Gasteiger partial charge in [0.05, 0.1) is 19.1 Å². The molecule has 0 bridgehead atoms. The minimum Gasteiger partial charge on any atom is -0.483 e. The van der Waals surface area contributed by atoms with E-state index in [1.54, 1.807) is 17.4 Å². The average Bonchev–Trinajstić information content (AvgIpc) is 3.32. The third-order valence-corrected chi connectivity index (χ3v) is 7.59. The number of rotatable bonds is 4. The highest BCUT2D eigenvalue weighted by molar-refractivity contribution is 7.17. The largest absolute Gasteiger partial charge is 0.483 e. The fourth-order valence-corrected chi connectivity index (χ4v) is 5.89. The molecule has 0 amide bonds. The van der Waals surface area contributed by atoms with Gasteiger partial charge in [-0.05, 0) is 47.9 Å². The number of methoxy groups -OCH3 is 2.